The average Bonchev–Trinajstić information content (AvgIpc) is 2.69. The maximum atomic E-state index is 11.6. The minimum Gasteiger partial charge on any atom is -0.492 e. The van der Waals surface area contributed by atoms with Crippen molar-refractivity contribution in [2.24, 2.45) is 5.16 Å². The van der Waals surface area contributed by atoms with Crippen molar-refractivity contribution < 1.29 is 14.4 Å². The SMILES string of the molecule is CCCOc1c(Br)cc(Br)cc1/C=C1\C(=O)ON=C1C. The zero-order valence-corrected chi connectivity index (χ0v) is 14.2. The maximum Gasteiger partial charge on any atom is 0.367 e. The van der Waals surface area contributed by atoms with E-state index in [0.717, 1.165) is 20.9 Å². The zero-order chi connectivity index (χ0) is 14.7. The molecule has 0 unspecified atom stereocenters. The van der Waals surface area contributed by atoms with E-state index >= 15 is 0 Å². The number of ether oxygens (including phenoxy) is 1. The number of halogens is 2. The Morgan fingerprint density at radius 2 is 2.15 bits per heavy atom. The van der Waals surface area contributed by atoms with Gasteiger partial charge in [0, 0.05) is 10.0 Å². The lowest BCUT2D eigenvalue weighted by Crippen LogP contribution is -2.03. The fourth-order valence-corrected chi connectivity index (χ4v) is 3.09. The molecule has 0 saturated heterocycles. The summed E-state index contributed by atoms with van der Waals surface area (Å²) in [5.41, 5.74) is 1.80. The molecule has 0 bridgehead atoms. The Morgan fingerprint density at radius 1 is 1.40 bits per heavy atom. The molecule has 1 aliphatic rings. The number of nitrogens with zero attached hydrogens (tertiary/aromatic N) is 1. The monoisotopic (exact) mass is 401 g/mol. The van der Waals surface area contributed by atoms with Gasteiger partial charge in [-0.3, -0.25) is 0 Å². The summed E-state index contributed by atoms with van der Waals surface area (Å²) in [7, 11) is 0. The molecule has 20 heavy (non-hydrogen) atoms. The second kappa shape index (κ2) is 6.54. The minimum atomic E-state index is -0.444. The molecule has 4 nitrogen and oxygen atoms in total. The van der Waals surface area contributed by atoms with Gasteiger partial charge in [-0.05, 0) is 47.5 Å². The van der Waals surface area contributed by atoms with E-state index in [0.29, 0.717) is 23.6 Å². The molecule has 1 heterocycles. The lowest BCUT2D eigenvalue weighted by atomic mass is 10.1. The van der Waals surface area contributed by atoms with Gasteiger partial charge in [-0.2, -0.15) is 0 Å². The van der Waals surface area contributed by atoms with Crippen LogP contribution >= 0.6 is 31.9 Å². The molecule has 0 radical (unpaired) electrons. The van der Waals surface area contributed by atoms with Crippen molar-refractivity contribution in [2.45, 2.75) is 20.3 Å². The smallest absolute Gasteiger partial charge is 0.367 e. The Hall–Kier alpha value is -1.14. The predicted octanol–water partition coefficient (Wildman–Crippen LogP) is 4.32. The van der Waals surface area contributed by atoms with Gasteiger partial charge in [0.1, 0.15) is 5.75 Å². The zero-order valence-electron chi connectivity index (χ0n) is 11.1. The van der Waals surface area contributed by atoms with Gasteiger partial charge < -0.3 is 9.57 Å². The van der Waals surface area contributed by atoms with Gasteiger partial charge in [0.25, 0.3) is 0 Å². The number of benzene rings is 1. The summed E-state index contributed by atoms with van der Waals surface area (Å²) < 4.78 is 7.47. The summed E-state index contributed by atoms with van der Waals surface area (Å²) in [6, 6.07) is 3.79. The Kier molecular flexibility index (Phi) is 4.99. The van der Waals surface area contributed by atoms with E-state index in [1.807, 2.05) is 19.1 Å². The molecule has 0 fully saturated rings. The second-order valence-electron chi connectivity index (χ2n) is 4.27. The van der Waals surface area contributed by atoms with Crippen LogP contribution in [0.3, 0.4) is 0 Å². The number of carbonyl (C=O) groups excluding carboxylic acids is 1. The maximum absolute atomic E-state index is 11.6. The molecular weight excluding hydrogens is 390 g/mol. The first kappa shape index (κ1) is 15.3. The van der Waals surface area contributed by atoms with Crippen LogP contribution < -0.4 is 4.74 Å². The molecule has 6 heteroatoms. The fourth-order valence-electron chi connectivity index (χ4n) is 1.72. The summed E-state index contributed by atoms with van der Waals surface area (Å²) >= 11 is 6.91. The number of rotatable bonds is 4. The van der Waals surface area contributed by atoms with E-state index < -0.39 is 5.97 Å². The van der Waals surface area contributed by atoms with Crippen molar-refractivity contribution in [1.29, 1.82) is 0 Å². The van der Waals surface area contributed by atoms with Crippen molar-refractivity contribution in [3.8, 4) is 5.75 Å². The highest BCUT2D eigenvalue weighted by Gasteiger charge is 2.23. The van der Waals surface area contributed by atoms with Crippen LogP contribution in [-0.4, -0.2) is 18.3 Å². The molecule has 0 N–H and O–H groups in total. The van der Waals surface area contributed by atoms with Crippen molar-refractivity contribution in [3.63, 3.8) is 0 Å². The van der Waals surface area contributed by atoms with E-state index in [1.54, 1.807) is 13.0 Å². The van der Waals surface area contributed by atoms with Gasteiger partial charge >= 0.3 is 5.97 Å². The van der Waals surface area contributed by atoms with Crippen LogP contribution in [0.1, 0.15) is 25.8 Å². The van der Waals surface area contributed by atoms with E-state index in [-0.39, 0.29) is 0 Å². The number of hydrogen-bond acceptors (Lipinski definition) is 4. The molecule has 1 aliphatic heterocycles. The third kappa shape index (κ3) is 3.30. The van der Waals surface area contributed by atoms with Crippen molar-refractivity contribution in [3.05, 3.63) is 32.2 Å². The fraction of sp³-hybridized carbons (Fsp3) is 0.286. The molecule has 2 rings (SSSR count). The quantitative estimate of drug-likeness (QED) is 0.556. The standard InChI is InChI=1S/C14H13Br2NO3/c1-3-4-19-13-9(5-10(15)7-12(13)16)6-11-8(2)17-20-14(11)18/h5-7H,3-4H2,1-2H3/b11-6-. The topological polar surface area (TPSA) is 47.9 Å². The van der Waals surface area contributed by atoms with E-state index in [1.165, 1.54) is 0 Å². The number of carbonyl (C=O) groups is 1. The second-order valence-corrected chi connectivity index (χ2v) is 6.04. The van der Waals surface area contributed by atoms with Crippen LogP contribution in [-0.2, 0) is 9.63 Å². The van der Waals surface area contributed by atoms with Gasteiger partial charge in [0.15, 0.2) is 0 Å². The van der Waals surface area contributed by atoms with Gasteiger partial charge in [0.2, 0.25) is 0 Å². The molecule has 0 saturated carbocycles. The van der Waals surface area contributed by atoms with Crippen molar-refractivity contribution in [1.82, 2.24) is 0 Å². The lowest BCUT2D eigenvalue weighted by Gasteiger charge is -2.11. The highest BCUT2D eigenvalue weighted by molar-refractivity contribution is 9.11. The first-order chi connectivity index (χ1) is 9.52. The highest BCUT2D eigenvalue weighted by Crippen LogP contribution is 2.35. The summed E-state index contributed by atoms with van der Waals surface area (Å²) in [6.45, 7) is 4.38. The normalized spacial score (nSPS) is 16.3. The molecule has 0 amide bonds. The first-order valence-corrected chi connectivity index (χ1v) is 7.71. The summed E-state index contributed by atoms with van der Waals surface area (Å²) in [5, 5.41) is 3.67. The summed E-state index contributed by atoms with van der Waals surface area (Å²) in [5.74, 6) is 0.259. The Bertz CT molecular complexity index is 609. The van der Waals surface area contributed by atoms with Gasteiger partial charge in [-0.15, -0.1) is 0 Å². The largest absolute Gasteiger partial charge is 0.492 e. The third-order valence-corrected chi connectivity index (χ3v) is 3.71. The molecule has 0 aliphatic carbocycles. The van der Waals surface area contributed by atoms with Crippen LogP contribution in [0.4, 0.5) is 0 Å². The third-order valence-electron chi connectivity index (χ3n) is 2.66. The number of oxime groups is 1. The molecule has 0 spiro atoms. The molecule has 106 valence electrons. The molecule has 0 atom stereocenters. The van der Waals surface area contributed by atoms with Crippen molar-refractivity contribution in [2.75, 3.05) is 6.61 Å². The Balaban J connectivity index is 2.47. The van der Waals surface area contributed by atoms with Gasteiger partial charge in [0.05, 0.1) is 22.4 Å². The van der Waals surface area contributed by atoms with E-state index in [4.69, 9.17) is 4.74 Å². The van der Waals surface area contributed by atoms with E-state index in [2.05, 4.69) is 41.9 Å². The molecule has 0 aromatic heterocycles. The van der Waals surface area contributed by atoms with E-state index in [9.17, 15) is 4.79 Å². The Morgan fingerprint density at radius 3 is 2.75 bits per heavy atom. The summed E-state index contributed by atoms with van der Waals surface area (Å²) in [4.78, 5) is 16.3. The highest BCUT2D eigenvalue weighted by atomic mass is 79.9. The first-order valence-electron chi connectivity index (χ1n) is 6.12. The molecule has 1 aromatic carbocycles. The Labute approximate surface area is 134 Å². The van der Waals surface area contributed by atoms with Crippen LogP contribution in [0.25, 0.3) is 6.08 Å². The van der Waals surface area contributed by atoms with Crippen molar-refractivity contribution >= 4 is 49.6 Å². The molecular formula is C14H13Br2NO3. The predicted molar refractivity (Wildman–Crippen MR) is 84.8 cm³/mol. The minimum absolute atomic E-state index is 0.441. The van der Waals surface area contributed by atoms with Crippen LogP contribution in [0, 0.1) is 0 Å². The van der Waals surface area contributed by atoms with Gasteiger partial charge in [-0.25, -0.2) is 4.79 Å². The summed E-state index contributed by atoms with van der Waals surface area (Å²) in [6.07, 6.45) is 2.63. The molecule has 1 aromatic rings. The lowest BCUT2D eigenvalue weighted by molar-refractivity contribution is -0.136. The van der Waals surface area contributed by atoms with Crippen LogP contribution in [0.5, 0.6) is 5.75 Å². The number of hydrogen-bond donors (Lipinski definition) is 0. The average molecular weight is 403 g/mol. The van der Waals surface area contributed by atoms with Gasteiger partial charge in [-0.1, -0.05) is 28.0 Å². The van der Waals surface area contributed by atoms with Crippen LogP contribution in [0.15, 0.2) is 31.8 Å². The van der Waals surface area contributed by atoms with Crippen LogP contribution in [0.2, 0.25) is 0 Å².